The lowest BCUT2D eigenvalue weighted by Gasteiger charge is -2.29. The molecule has 2 rings (SSSR count). The van der Waals surface area contributed by atoms with Crippen molar-refractivity contribution in [2.75, 3.05) is 6.54 Å². The van der Waals surface area contributed by atoms with Gasteiger partial charge in [-0.3, -0.25) is 9.59 Å². The Labute approximate surface area is 123 Å². The first kappa shape index (κ1) is 15.3. The van der Waals surface area contributed by atoms with Crippen molar-refractivity contribution in [2.45, 2.75) is 37.8 Å². The second-order valence-corrected chi connectivity index (χ2v) is 5.28. The van der Waals surface area contributed by atoms with Gasteiger partial charge >= 0.3 is 0 Å². The highest BCUT2D eigenvalue weighted by Crippen LogP contribution is 2.13. The molecule has 1 fully saturated rings. The number of nitrogens with two attached hydrogens (primary N) is 1. The van der Waals surface area contributed by atoms with Gasteiger partial charge in [0.2, 0.25) is 11.8 Å². The Kier molecular flexibility index (Phi) is 5.16. The molecule has 1 aromatic carbocycles. The Morgan fingerprint density at radius 1 is 1.00 bits per heavy atom. The second kappa shape index (κ2) is 7.08. The molecular weight excluding hydrogens is 270 g/mol. The zero-order valence-corrected chi connectivity index (χ0v) is 11.8. The Balaban J connectivity index is 1.91. The van der Waals surface area contributed by atoms with Crippen molar-refractivity contribution < 1.29 is 14.7 Å². The van der Waals surface area contributed by atoms with Crippen molar-refractivity contribution in [3.05, 3.63) is 29.8 Å². The number of hydrogen-bond acceptors (Lipinski definition) is 4. The van der Waals surface area contributed by atoms with Crippen molar-refractivity contribution in [3.8, 4) is 5.75 Å². The van der Waals surface area contributed by atoms with Crippen molar-refractivity contribution in [2.24, 2.45) is 5.73 Å². The number of unbranched alkanes of at least 4 members (excludes halogenated alkanes) is 1. The first-order valence-corrected chi connectivity index (χ1v) is 7.19. The summed E-state index contributed by atoms with van der Waals surface area (Å²) in [4.78, 5) is 24.0. The Morgan fingerprint density at radius 3 is 2.29 bits per heavy atom. The molecule has 1 aromatic rings. The van der Waals surface area contributed by atoms with Gasteiger partial charge in [-0.05, 0) is 43.5 Å². The molecule has 1 saturated heterocycles. The maximum atomic E-state index is 12.1. The lowest BCUT2D eigenvalue weighted by atomic mass is 10.00. The number of phenols is 1. The minimum atomic E-state index is -0.562. The topological polar surface area (TPSA) is 104 Å². The fraction of sp³-hybridized carbons (Fsp3) is 0.467. The van der Waals surface area contributed by atoms with E-state index in [1.165, 1.54) is 0 Å². The van der Waals surface area contributed by atoms with Gasteiger partial charge in [0.15, 0.2) is 0 Å². The molecular formula is C15H21N3O3. The summed E-state index contributed by atoms with van der Waals surface area (Å²) >= 11 is 0. The average molecular weight is 291 g/mol. The van der Waals surface area contributed by atoms with Crippen LogP contribution in [0.3, 0.4) is 0 Å². The number of carbonyl (C=O) groups excluding carboxylic acids is 2. The molecule has 1 aliphatic rings. The van der Waals surface area contributed by atoms with E-state index in [1.54, 1.807) is 24.3 Å². The van der Waals surface area contributed by atoms with Gasteiger partial charge in [0.1, 0.15) is 17.8 Å². The Hall–Kier alpha value is -2.08. The monoisotopic (exact) mass is 291 g/mol. The van der Waals surface area contributed by atoms with E-state index in [2.05, 4.69) is 10.6 Å². The number of aromatic hydroxyl groups is 1. The van der Waals surface area contributed by atoms with Crippen LogP contribution < -0.4 is 16.4 Å². The highest BCUT2D eigenvalue weighted by Gasteiger charge is 2.32. The standard InChI is InChI=1S/C15H21N3O3/c16-8-2-1-3-12-14(20)18-13(15(21)17-12)9-10-4-6-11(19)7-5-10/h4-7,12-13,19H,1-3,8-9,16H2,(H,17,21)(H,18,20). The predicted octanol–water partition coefficient (Wildman–Crippen LogP) is 0.0469. The molecule has 5 N–H and O–H groups in total. The summed E-state index contributed by atoms with van der Waals surface area (Å²) in [7, 11) is 0. The molecule has 0 aliphatic carbocycles. The molecule has 2 atom stereocenters. The van der Waals surface area contributed by atoms with E-state index >= 15 is 0 Å². The van der Waals surface area contributed by atoms with Crippen LogP contribution in [0.1, 0.15) is 24.8 Å². The van der Waals surface area contributed by atoms with E-state index in [4.69, 9.17) is 5.73 Å². The van der Waals surface area contributed by atoms with Crippen LogP contribution in [0.15, 0.2) is 24.3 Å². The van der Waals surface area contributed by atoms with Crippen molar-refractivity contribution in [1.82, 2.24) is 10.6 Å². The van der Waals surface area contributed by atoms with E-state index in [1.807, 2.05) is 0 Å². The smallest absolute Gasteiger partial charge is 0.243 e. The van der Waals surface area contributed by atoms with Crippen LogP contribution in [0.25, 0.3) is 0 Å². The third-order valence-electron chi connectivity index (χ3n) is 3.59. The summed E-state index contributed by atoms with van der Waals surface area (Å²) in [6.45, 7) is 0.589. The zero-order valence-electron chi connectivity index (χ0n) is 11.8. The van der Waals surface area contributed by atoms with Gasteiger partial charge in [-0.25, -0.2) is 0 Å². The predicted molar refractivity (Wildman–Crippen MR) is 78.6 cm³/mol. The third-order valence-corrected chi connectivity index (χ3v) is 3.59. The largest absolute Gasteiger partial charge is 0.508 e. The Bertz CT molecular complexity index is 501. The third kappa shape index (κ3) is 4.19. The Morgan fingerprint density at radius 2 is 1.62 bits per heavy atom. The highest BCUT2D eigenvalue weighted by molar-refractivity contribution is 5.97. The quantitative estimate of drug-likeness (QED) is 0.556. The van der Waals surface area contributed by atoms with Crippen LogP contribution in [-0.4, -0.2) is 35.5 Å². The van der Waals surface area contributed by atoms with Crippen LogP contribution in [0.5, 0.6) is 5.75 Å². The van der Waals surface area contributed by atoms with Gasteiger partial charge in [-0.1, -0.05) is 12.1 Å². The van der Waals surface area contributed by atoms with Gasteiger partial charge in [0, 0.05) is 6.42 Å². The summed E-state index contributed by atoms with van der Waals surface area (Å²) in [5.41, 5.74) is 6.30. The molecule has 6 nitrogen and oxygen atoms in total. The van der Waals surface area contributed by atoms with Crippen molar-refractivity contribution >= 4 is 11.8 Å². The lowest BCUT2D eigenvalue weighted by molar-refractivity contribution is -0.136. The molecule has 1 aliphatic heterocycles. The summed E-state index contributed by atoms with van der Waals surface area (Å²) in [6.07, 6.45) is 2.68. The molecule has 21 heavy (non-hydrogen) atoms. The van der Waals surface area contributed by atoms with Gasteiger partial charge in [-0.2, -0.15) is 0 Å². The highest BCUT2D eigenvalue weighted by atomic mass is 16.3. The van der Waals surface area contributed by atoms with Gasteiger partial charge < -0.3 is 21.5 Å². The second-order valence-electron chi connectivity index (χ2n) is 5.28. The summed E-state index contributed by atoms with van der Waals surface area (Å²) in [5.74, 6) is -0.133. The van der Waals surface area contributed by atoms with Gasteiger partial charge in [0.05, 0.1) is 0 Å². The minimum Gasteiger partial charge on any atom is -0.508 e. The van der Waals surface area contributed by atoms with Crippen molar-refractivity contribution in [1.29, 1.82) is 0 Å². The van der Waals surface area contributed by atoms with E-state index in [0.717, 1.165) is 18.4 Å². The van der Waals surface area contributed by atoms with E-state index < -0.39 is 12.1 Å². The molecule has 1 heterocycles. The average Bonchev–Trinajstić information content (AvgIpc) is 2.46. The normalized spacial score (nSPS) is 21.8. The number of nitrogens with one attached hydrogen (secondary N) is 2. The fourth-order valence-electron chi connectivity index (χ4n) is 2.38. The van der Waals surface area contributed by atoms with Crippen LogP contribution in [0.2, 0.25) is 0 Å². The molecule has 0 spiro atoms. The summed E-state index contributed by atoms with van der Waals surface area (Å²) in [5, 5.41) is 14.8. The molecule has 2 amide bonds. The maximum absolute atomic E-state index is 12.1. The van der Waals surface area contributed by atoms with Crippen LogP contribution in [0, 0.1) is 0 Å². The summed E-state index contributed by atoms with van der Waals surface area (Å²) < 4.78 is 0. The first-order valence-electron chi connectivity index (χ1n) is 7.19. The molecule has 0 saturated carbocycles. The minimum absolute atomic E-state index is 0.143. The number of rotatable bonds is 6. The maximum Gasteiger partial charge on any atom is 0.243 e. The number of piperazine rings is 1. The number of carbonyl (C=O) groups is 2. The molecule has 0 bridgehead atoms. The fourth-order valence-corrected chi connectivity index (χ4v) is 2.38. The summed E-state index contributed by atoms with van der Waals surface area (Å²) in [6, 6.07) is 5.58. The first-order chi connectivity index (χ1) is 10.1. The molecule has 0 aromatic heterocycles. The van der Waals surface area contributed by atoms with Gasteiger partial charge in [0.25, 0.3) is 0 Å². The molecule has 114 valence electrons. The van der Waals surface area contributed by atoms with E-state index in [9.17, 15) is 14.7 Å². The zero-order chi connectivity index (χ0) is 15.2. The number of hydrogen-bond donors (Lipinski definition) is 4. The number of benzene rings is 1. The SMILES string of the molecule is NCCCCC1NC(=O)C(Cc2ccc(O)cc2)NC1=O. The lowest BCUT2D eigenvalue weighted by Crippen LogP contribution is -2.62. The molecule has 0 radical (unpaired) electrons. The van der Waals surface area contributed by atoms with Crippen LogP contribution >= 0.6 is 0 Å². The van der Waals surface area contributed by atoms with Crippen LogP contribution in [0.4, 0.5) is 0 Å². The number of amides is 2. The van der Waals surface area contributed by atoms with Gasteiger partial charge in [-0.15, -0.1) is 0 Å². The molecule has 2 unspecified atom stereocenters. The van der Waals surface area contributed by atoms with Crippen molar-refractivity contribution in [3.63, 3.8) is 0 Å². The van der Waals surface area contributed by atoms with E-state index in [0.29, 0.717) is 19.4 Å². The number of phenolic OH excluding ortho intramolecular Hbond substituents is 1. The van der Waals surface area contributed by atoms with E-state index in [-0.39, 0.29) is 17.6 Å². The molecule has 6 heteroatoms. The van der Waals surface area contributed by atoms with Crippen LogP contribution in [-0.2, 0) is 16.0 Å².